The molecule has 122 valence electrons. The van der Waals surface area contributed by atoms with E-state index in [-0.39, 0.29) is 10.6 Å². The van der Waals surface area contributed by atoms with Crippen LogP contribution in [0.5, 0.6) is 0 Å². The van der Waals surface area contributed by atoms with Gasteiger partial charge in [0, 0.05) is 14.1 Å². The van der Waals surface area contributed by atoms with Crippen molar-refractivity contribution in [3.63, 3.8) is 0 Å². The van der Waals surface area contributed by atoms with E-state index >= 15 is 0 Å². The van der Waals surface area contributed by atoms with Crippen molar-refractivity contribution in [2.45, 2.75) is 6.18 Å². The van der Waals surface area contributed by atoms with Gasteiger partial charge in [-0.15, -0.1) is 0 Å². The highest BCUT2D eigenvalue weighted by Crippen LogP contribution is 2.22. The smallest absolute Gasteiger partial charge is 0.347 e. The number of nitrogens with zero attached hydrogens (tertiary/aromatic N) is 2. The third-order valence-corrected chi connectivity index (χ3v) is 2.96. The van der Waals surface area contributed by atoms with Crippen LogP contribution in [0.15, 0.2) is 18.2 Å². The van der Waals surface area contributed by atoms with Crippen LogP contribution in [0.4, 0.5) is 17.6 Å². The molecule has 0 fully saturated rings. The number of benzene rings is 1. The number of alkyl halides is 3. The number of hydrogen-bond donors (Lipinski definition) is 0. The lowest BCUT2D eigenvalue weighted by atomic mass is 10.2. The number of carbonyl (C=O) groups is 2. The minimum absolute atomic E-state index is 0.307. The average Bonchev–Trinajstić information content (AvgIpc) is 2.35. The Morgan fingerprint density at radius 3 is 2.27 bits per heavy atom. The highest BCUT2D eigenvalue weighted by atomic mass is 35.5. The second kappa shape index (κ2) is 6.95. The fourth-order valence-electron chi connectivity index (χ4n) is 1.55. The molecule has 1 rings (SSSR count). The Morgan fingerprint density at radius 2 is 1.82 bits per heavy atom. The average molecular weight is 341 g/mol. The highest BCUT2D eigenvalue weighted by Gasteiger charge is 2.35. The lowest BCUT2D eigenvalue weighted by Gasteiger charge is -2.25. The number of rotatable bonds is 4. The van der Waals surface area contributed by atoms with E-state index in [1.165, 1.54) is 14.1 Å². The van der Waals surface area contributed by atoms with Crippen molar-refractivity contribution < 1.29 is 27.2 Å². The zero-order valence-corrected chi connectivity index (χ0v) is 12.5. The SMILES string of the molecule is CN(C)C(=O)CN(CC(F)(F)F)C(=O)c1ccc(F)cc1Cl. The molecule has 0 aromatic heterocycles. The van der Waals surface area contributed by atoms with Crippen molar-refractivity contribution in [1.82, 2.24) is 9.80 Å². The molecule has 22 heavy (non-hydrogen) atoms. The van der Waals surface area contributed by atoms with Crippen molar-refractivity contribution in [3.05, 3.63) is 34.6 Å². The van der Waals surface area contributed by atoms with Gasteiger partial charge in [0.2, 0.25) is 5.91 Å². The molecule has 0 N–H and O–H groups in total. The van der Waals surface area contributed by atoms with Gasteiger partial charge >= 0.3 is 6.18 Å². The summed E-state index contributed by atoms with van der Waals surface area (Å²) in [6.45, 7) is -2.38. The predicted molar refractivity (Wildman–Crippen MR) is 72.1 cm³/mol. The lowest BCUT2D eigenvalue weighted by molar-refractivity contribution is -0.146. The molecule has 1 aromatic rings. The molecule has 9 heteroatoms. The standard InChI is InChI=1S/C13H13ClF4N2O2/c1-19(2)11(21)6-20(7-13(16,17)18)12(22)9-4-3-8(15)5-10(9)14/h3-5H,6-7H2,1-2H3. The van der Waals surface area contributed by atoms with E-state index in [0.29, 0.717) is 4.90 Å². The van der Waals surface area contributed by atoms with Gasteiger partial charge in [0.05, 0.1) is 10.6 Å². The van der Waals surface area contributed by atoms with Crippen LogP contribution in [-0.2, 0) is 4.79 Å². The molecule has 0 unspecified atom stereocenters. The molecule has 0 spiro atoms. The second-order valence-electron chi connectivity index (χ2n) is 4.69. The van der Waals surface area contributed by atoms with Crippen LogP contribution in [0.2, 0.25) is 5.02 Å². The van der Waals surface area contributed by atoms with Crippen molar-refractivity contribution in [3.8, 4) is 0 Å². The van der Waals surface area contributed by atoms with E-state index < -0.39 is 36.9 Å². The molecule has 2 amide bonds. The summed E-state index contributed by atoms with van der Waals surface area (Å²) < 4.78 is 50.7. The third kappa shape index (κ3) is 5.18. The number of carbonyl (C=O) groups excluding carboxylic acids is 2. The minimum atomic E-state index is -4.69. The van der Waals surface area contributed by atoms with Gasteiger partial charge in [0.25, 0.3) is 5.91 Å². The van der Waals surface area contributed by atoms with Gasteiger partial charge in [-0.3, -0.25) is 9.59 Å². The maximum Gasteiger partial charge on any atom is 0.406 e. The molecule has 0 radical (unpaired) electrons. The molecule has 0 heterocycles. The van der Waals surface area contributed by atoms with Crippen LogP contribution < -0.4 is 0 Å². The number of hydrogen-bond acceptors (Lipinski definition) is 2. The molecule has 0 bridgehead atoms. The van der Waals surface area contributed by atoms with Crippen molar-refractivity contribution in [1.29, 1.82) is 0 Å². The zero-order chi connectivity index (χ0) is 17.1. The summed E-state index contributed by atoms with van der Waals surface area (Å²) in [5.74, 6) is -2.51. The van der Waals surface area contributed by atoms with E-state index in [1.54, 1.807) is 0 Å². The maximum atomic E-state index is 12.9. The quantitative estimate of drug-likeness (QED) is 0.790. The van der Waals surface area contributed by atoms with E-state index in [2.05, 4.69) is 0 Å². The van der Waals surface area contributed by atoms with E-state index in [9.17, 15) is 27.2 Å². The monoisotopic (exact) mass is 340 g/mol. The van der Waals surface area contributed by atoms with Crippen LogP contribution in [-0.4, -0.2) is 55.0 Å². The Labute approximate surface area is 129 Å². The van der Waals surface area contributed by atoms with Crippen LogP contribution in [0.25, 0.3) is 0 Å². The third-order valence-electron chi connectivity index (χ3n) is 2.64. The van der Waals surface area contributed by atoms with Crippen LogP contribution >= 0.6 is 11.6 Å². The van der Waals surface area contributed by atoms with Gasteiger partial charge in [-0.1, -0.05) is 11.6 Å². The zero-order valence-electron chi connectivity index (χ0n) is 11.7. The number of halogens is 5. The summed E-state index contributed by atoms with van der Waals surface area (Å²) in [7, 11) is 2.70. The van der Waals surface area contributed by atoms with Gasteiger partial charge in [-0.2, -0.15) is 13.2 Å². The summed E-state index contributed by atoms with van der Waals surface area (Å²) in [6, 6.07) is 2.69. The maximum absolute atomic E-state index is 12.9. The molecule has 0 aliphatic heterocycles. The van der Waals surface area contributed by atoms with Crippen LogP contribution in [0.3, 0.4) is 0 Å². The number of likely N-dealkylation sites (N-methyl/N-ethyl adjacent to an activating group) is 1. The Bertz CT molecular complexity index is 576. The molecule has 0 aliphatic carbocycles. The summed E-state index contributed by atoms with van der Waals surface area (Å²) in [5.41, 5.74) is -0.307. The summed E-state index contributed by atoms with van der Waals surface area (Å²) >= 11 is 5.67. The van der Waals surface area contributed by atoms with Gasteiger partial charge in [0.15, 0.2) is 0 Å². The highest BCUT2D eigenvalue weighted by molar-refractivity contribution is 6.33. The summed E-state index contributed by atoms with van der Waals surface area (Å²) in [6.07, 6.45) is -4.69. The normalized spacial score (nSPS) is 11.2. The molecule has 0 aliphatic rings. The Balaban J connectivity index is 3.08. The minimum Gasteiger partial charge on any atom is -0.347 e. The first-order valence-corrected chi connectivity index (χ1v) is 6.40. The molecular formula is C13H13ClF4N2O2. The molecule has 4 nitrogen and oxygen atoms in total. The van der Waals surface area contributed by atoms with Gasteiger partial charge < -0.3 is 9.80 Å². The Morgan fingerprint density at radius 1 is 1.23 bits per heavy atom. The second-order valence-corrected chi connectivity index (χ2v) is 5.10. The van der Waals surface area contributed by atoms with Gasteiger partial charge in [-0.25, -0.2) is 4.39 Å². The molecule has 0 atom stereocenters. The Kier molecular flexibility index (Phi) is 5.76. The van der Waals surface area contributed by atoms with Crippen molar-refractivity contribution in [2.24, 2.45) is 0 Å². The largest absolute Gasteiger partial charge is 0.406 e. The number of amides is 2. The van der Waals surface area contributed by atoms with E-state index in [4.69, 9.17) is 11.6 Å². The van der Waals surface area contributed by atoms with Gasteiger partial charge in [0.1, 0.15) is 18.9 Å². The molecule has 1 aromatic carbocycles. The summed E-state index contributed by atoms with van der Waals surface area (Å²) in [4.78, 5) is 25.1. The topological polar surface area (TPSA) is 40.6 Å². The fourth-order valence-corrected chi connectivity index (χ4v) is 1.80. The Hall–Kier alpha value is -1.83. The van der Waals surface area contributed by atoms with Gasteiger partial charge in [-0.05, 0) is 18.2 Å². The van der Waals surface area contributed by atoms with E-state index in [0.717, 1.165) is 23.1 Å². The fraction of sp³-hybridized carbons (Fsp3) is 0.385. The first-order valence-electron chi connectivity index (χ1n) is 6.02. The van der Waals surface area contributed by atoms with Crippen LogP contribution in [0.1, 0.15) is 10.4 Å². The first-order chi connectivity index (χ1) is 10.0. The molecule has 0 saturated carbocycles. The lowest BCUT2D eigenvalue weighted by Crippen LogP contribution is -2.44. The molecular weight excluding hydrogens is 328 g/mol. The van der Waals surface area contributed by atoms with E-state index in [1.807, 2.05) is 0 Å². The van der Waals surface area contributed by atoms with Crippen molar-refractivity contribution in [2.75, 3.05) is 27.2 Å². The predicted octanol–water partition coefficient (Wildman–Crippen LogP) is 2.57. The van der Waals surface area contributed by atoms with Crippen LogP contribution in [0, 0.1) is 5.82 Å². The first kappa shape index (κ1) is 18.2. The summed E-state index contributed by atoms with van der Waals surface area (Å²) in [5, 5.41) is -0.325. The molecule has 0 saturated heterocycles. The van der Waals surface area contributed by atoms with Crippen molar-refractivity contribution >= 4 is 23.4 Å².